The Bertz CT molecular complexity index is 311. The minimum atomic E-state index is 0.201. The Labute approximate surface area is 101 Å². The van der Waals surface area contributed by atoms with E-state index in [2.05, 4.69) is 32.9 Å². The van der Waals surface area contributed by atoms with Crippen molar-refractivity contribution in [3.63, 3.8) is 0 Å². The van der Waals surface area contributed by atoms with E-state index in [4.69, 9.17) is 6.11 Å². The van der Waals surface area contributed by atoms with Crippen LogP contribution in [0.25, 0.3) is 0 Å². The molecular weight excluding hydrogens is 196 g/mol. The van der Waals surface area contributed by atoms with E-state index in [0.29, 0.717) is 6.90 Å². The van der Waals surface area contributed by atoms with Gasteiger partial charge in [-0.05, 0) is 29.5 Å². The van der Waals surface area contributed by atoms with Crippen LogP contribution in [0.1, 0.15) is 53.9 Å². The topological polar surface area (TPSA) is 9.23 Å². The molecule has 1 nitrogen and oxygen atoms in total. The van der Waals surface area contributed by atoms with Gasteiger partial charge < -0.3 is 4.74 Å². The van der Waals surface area contributed by atoms with Crippen molar-refractivity contribution in [1.82, 2.24) is 0 Å². The summed E-state index contributed by atoms with van der Waals surface area (Å²) in [4.78, 5) is 0. The van der Waals surface area contributed by atoms with Gasteiger partial charge in [0.05, 0.1) is 6.61 Å². The van der Waals surface area contributed by atoms with Gasteiger partial charge in [-0.15, -0.1) is 0 Å². The summed E-state index contributed by atoms with van der Waals surface area (Å²) in [6.07, 6.45) is 3.11. The van der Waals surface area contributed by atoms with Gasteiger partial charge >= 0.3 is 0 Å². The molecule has 0 heterocycles. The van der Waals surface area contributed by atoms with Crippen LogP contribution in [0.5, 0.6) is 5.75 Å². The highest BCUT2D eigenvalue weighted by molar-refractivity contribution is 5.31. The Morgan fingerprint density at radius 3 is 2.38 bits per heavy atom. The first-order chi connectivity index (χ1) is 8.04. The Hall–Kier alpha value is -0.980. The SMILES string of the molecule is [2H]CCCCCOc1ccc(C(C)(C)C)cc1. The number of rotatable bonds is 5. The molecule has 90 valence electrons. The zero-order valence-corrected chi connectivity index (χ0v) is 10.8. The number of benzene rings is 1. The molecular formula is C15H24O. The van der Waals surface area contributed by atoms with Gasteiger partial charge in [-0.3, -0.25) is 0 Å². The van der Waals surface area contributed by atoms with Crippen molar-refractivity contribution < 1.29 is 6.11 Å². The number of ether oxygens (including phenoxy) is 1. The average Bonchev–Trinajstić information content (AvgIpc) is 2.28. The number of hydrogen-bond acceptors (Lipinski definition) is 1. The van der Waals surface area contributed by atoms with E-state index in [1.165, 1.54) is 5.56 Å². The molecule has 1 aromatic carbocycles. The molecule has 16 heavy (non-hydrogen) atoms. The van der Waals surface area contributed by atoms with Crippen LogP contribution in [-0.2, 0) is 5.41 Å². The third-order valence-electron chi connectivity index (χ3n) is 2.63. The van der Waals surface area contributed by atoms with Gasteiger partial charge in [0.1, 0.15) is 5.75 Å². The molecule has 0 saturated heterocycles. The van der Waals surface area contributed by atoms with Crippen LogP contribution in [0.4, 0.5) is 0 Å². The maximum absolute atomic E-state index is 7.04. The van der Waals surface area contributed by atoms with Crippen molar-refractivity contribution in [2.24, 2.45) is 0 Å². The van der Waals surface area contributed by atoms with Crippen LogP contribution in [-0.4, -0.2) is 6.61 Å². The molecule has 0 spiro atoms. The van der Waals surface area contributed by atoms with Crippen LogP contribution < -0.4 is 4.74 Å². The van der Waals surface area contributed by atoms with Gasteiger partial charge in [0.25, 0.3) is 0 Å². The third-order valence-corrected chi connectivity index (χ3v) is 2.63. The first kappa shape index (κ1) is 11.5. The first-order valence-corrected chi connectivity index (χ1v) is 6.06. The maximum Gasteiger partial charge on any atom is 0.119 e. The van der Waals surface area contributed by atoms with Crippen LogP contribution in [0, 0.1) is 0 Å². The molecule has 0 atom stereocenters. The van der Waals surface area contributed by atoms with Crippen molar-refractivity contribution in [2.75, 3.05) is 6.61 Å². The van der Waals surface area contributed by atoms with Crippen molar-refractivity contribution in [1.29, 1.82) is 0 Å². The second kappa shape index (κ2) is 5.93. The van der Waals surface area contributed by atoms with E-state index < -0.39 is 0 Å². The minimum absolute atomic E-state index is 0.201. The first-order valence-electron chi connectivity index (χ1n) is 6.77. The fourth-order valence-corrected chi connectivity index (χ4v) is 1.52. The van der Waals surface area contributed by atoms with E-state index in [9.17, 15) is 0 Å². The smallest absolute Gasteiger partial charge is 0.119 e. The Morgan fingerprint density at radius 1 is 1.12 bits per heavy atom. The van der Waals surface area contributed by atoms with Crippen LogP contribution in [0.3, 0.4) is 0 Å². The molecule has 1 rings (SSSR count). The number of unbranched alkanes of at least 4 members (excludes halogenated alkanes) is 2. The van der Waals surface area contributed by atoms with Crippen LogP contribution in [0.15, 0.2) is 24.3 Å². The molecule has 0 amide bonds. The highest BCUT2D eigenvalue weighted by Crippen LogP contribution is 2.24. The fourth-order valence-electron chi connectivity index (χ4n) is 1.52. The molecule has 0 radical (unpaired) electrons. The highest BCUT2D eigenvalue weighted by Gasteiger charge is 2.12. The largest absolute Gasteiger partial charge is 0.494 e. The van der Waals surface area contributed by atoms with Crippen LogP contribution in [0.2, 0.25) is 0 Å². The summed E-state index contributed by atoms with van der Waals surface area (Å²) in [6.45, 7) is 7.92. The second-order valence-electron chi connectivity index (χ2n) is 5.18. The van der Waals surface area contributed by atoms with Gasteiger partial charge in [-0.1, -0.05) is 52.6 Å². The summed E-state index contributed by atoms with van der Waals surface area (Å²) in [5.74, 6) is 0.948. The fraction of sp³-hybridized carbons (Fsp3) is 0.600. The lowest BCUT2D eigenvalue weighted by Crippen LogP contribution is -2.10. The molecule has 0 bridgehead atoms. The number of hydrogen-bond donors (Lipinski definition) is 0. The van der Waals surface area contributed by atoms with Gasteiger partial charge in [0, 0.05) is 1.37 Å². The molecule has 0 aliphatic carbocycles. The summed E-state index contributed by atoms with van der Waals surface area (Å²) in [5.41, 5.74) is 1.53. The molecule has 0 N–H and O–H groups in total. The van der Waals surface area contributed by atoms with Crippen molar-refractivity contribution in [3.8, 4) is 5.75 Å². The predicted molar refractivity (Wildman–Crippen MR) is 70.2 cm³/mol. The normalized spacial score (nSPS) is 12.3. The summed E-state index contributed by atoms with van der Waals surface area (Å²) in [7, 11) is 0. The van der Waals surface area contributed by atoms with Gasteiger partial charge in [-0.2, -0.15) is 0 Å². The summed E-state index contributed by atoms with van der Waals surface area (Å²) in [6, 6.07) is 8.37. The molecule has 0 aromatic heterocycles. The third kappa shape index (κ3) is 4.26. The highest BCUT2D eigenvalue weighted by atomic mass is 16.5. The van der Waals surface area contributed by atoms with E-state index in [0.717, 1.165) is 31.6 Å². The molecule has 0 aliphatic heterocycles. The lowest BCUT2D eigenvalue weighted by molar-refractivity contribution is 0.306. The Kier molecular flexibility index (Phi) is 4.26. The van der Waals surface area contributed by atoms with E-state index in [-0.39, 0.29) is 5.41 Å². The van der Waals surface area contributed by atoms with E-state index >= 15 is 0 Å². The van der Waals surface area contributed by atoms with Crippen molar-refractivity contribution in [3.05, 3.63) is 29.8 Å². The van der Waals surface area contributed by atoms with E-state index in [1.54, 1.807) is 0 Å². The summed E-state index contributed by atoms with van der Waals surface area (Å²) < 4.78 is 12.7. The monoisotopic (exact) mass is 221 g/mol. The van der Waals surface area contributed by atoms with Crippen LogP contribution >= 0.6 is 0 Å². The van der Waals surface area contributed by atoms with Crippen molar-refractivity contribution >= 4 is 0 Å². The van der Waals surface area contributed by atoms with Gasteiger partial charge in [0.2, 0.25) is 0 Å². The summed E-state index contributed by atoms with van der Waals surface area (Å²) >= 11 is 0. The molecule has 1 heteroatoms. The zero-order chi connectivity index (χ0) is 12.7. The van der Waals surface area contributed by atoms with Gasteiger partial charge in [0.15, 0.2) is 0 Å². The molecule has 0 aliphatic rings. The summed E-state index contributed by atoms with van der Waals surface area (Å²) in [5, 5.41) is 0. The molecule has 0 unspecified atom stereocenters. The lowest BCUT2D eigenvalue weighted by atomic mass is 9.87. The van der Waals surface area contributed by atoms with E-state index in [1.807, 2.05) is 12.1 Å². The molecule has 0 fully saturated rings. The Morgan fingerprint density at radius 2 is 1.81 bits per heavy atom. The lowest BCUT2D eigenvalue weighted by Gasteiger charge is -2.19. The zero-order valence-electron chi connectivity index (χ0n) is 11.8. The Balaban J connectivity index is 2.36. The van der Waals surface area contributed by atoms with Gasteiger partial charge in [-0.25, -0.2) is 0 Å². The second-order valence-corrected chi connectivity index (χ2v) is 5.18. The van der Waals surface area contributed by atoms with Crippen molar-refractivity contribution in [2.45, 2.75) is 52.3 Å². The quantitative estimate of drug-likeness (QED) is 0.663. The standard InChI is InChI=1S/C15H24O/c1-5-6-7-12-16-14-10-8-13(9-11-14)15(2,3)4/h8-11H,5-7,12H2,1-4H3/i1D. The predicted octanol–water partition coefficient (Wildman–Crippen LogP) is 4.55. The maximum atomic E-state index is 7.04. The minimum Gasteiger partial charge on any atom is -0.494 e. The average molecular weight is 221 g/mol. The molecule has 0 saturated carbocycles. The molecule has 1 aromatic rings.